The summed E-state index contributed by atoms with van der Waals surface area (Å²) in [6.07, 6.45) is 1.44. The Balaban J connectivity index is 1.67. The van der Waals surface area contributed by atoms with Crippen LogP contribution in [0.1, 0.15) is 11.1 Å². The van der Waals surface area contributed by atoms with E-state index in [2.05, 4.69) is 9.71 Å². The Morgan fingerprint density at radius 1 is 1.04 bits per heavy atom. The highest BCUT2D eigenvalue weighted by atomic mass is 32.2. The highest BCUT2D eigenvalue weighted by Gasteiger charge is 2.17. The van der Waals surface area contributed by atoms with E-state index in [4.69, 9.17) is 4.74 Å². The van der Waals surface area contributed by atoms with Gasteiger partial charge in [-0.15, -0.1) is 0 Å². The van der Waals surface area contributed by atoms with Crippen LogP contribution in [0.4, 0.5) is 8.78 Å². The van der Waals surface area contributed by atoms with E-state index >= 15 is 0 Å². The Morgan fingerprint density at radius 3 is 2.52 bits per heavy atom. The van der Waals surface area contributed by atoms with Gasteiger partial charge >= 0.3 is 0 Å². The van der Waals surface area contributed by atoms with Crippen LogP contribution in [0.15, 0.2) is 65.7 Å². The zero-order valence-electron chi connectivity index (χ0n) is 14.3. The van der Waals surface area contributed by atoms with Gasteiger partial charge in [-0.2, -0.15) is 0 Å². The van der Waals surface area contributed by atoms with Crippen molar-refractivity contribution in [2.24, 2.45) is 0 Å². The summed E-state index contributed by atoms with van der Waals surface area (Å²) < 4.78 is 59.1. The van der Waals surface area contributed by atoms with Crippen LogP contribution in [-0.4, -0.2) is 13.4 Å². The fourth-order valence-electron chi connectivity index (χ4n) is 2.35. The van der Waals surface area contributed by atoms with Crippen LogP contribution in [0.2, 0.25) is 0 Å². The van der Waals surface area contributed by atoms with Crippen molar-refractivity contribution >= 4 is 10.0 Å². The summed E-state index contributed by atoms with van der Waals surface area (Å²) in [7, 11) is -3.87. The van der Waals surface area contributed by atoms with E-state index in [1.54, 1.807) is 25.1 Å². The zero-order valence-corrected chi connectivity index (χ0v) is 15.1. The number of aryl methyl sites for hydroxylation is 1. The van der Waals surface area contributed by atoms with E-state index < -0.39 is 21.7 Å². The van der Waals surface area contributed by atoms with Crippen LogP contribution in [0.3, 0.4) is 0 Å². The maximum atomic E-state index is 13.3. The van der Waals surface area contributed by atoms with E-state index in [0.29, 0.717) is 16.9 Å². The molecule has 0 unspecified atom stereocenters. The minimum Gasteiger partial charge on any atom is -0.439 e. The molecule has 0 aliphatic heterocycles. The highest BCUT2D eigenvalue weighted by Crippen LogP contribution is 2.20. The zero-order chi connectivity index (χ0) is 19.4. The molecule has 1 N–H and O–H groups in total. The molecular weight excluding hydrogens is 374 g/mol. The molecule has 0 radical (unpaired) electrons. The topological polar surface area (TPSA) is 68.3 Å². The van der Waals surface area contributed by atoms with Crippen molar-refractivity contribution in [3.63, 3.8) is 0 Å². The molecule has 3 rings (SSSR count). The van der Waals surface area contributed by atoms with Gasteiger partial charge in [0.05, 0.1) is 4.90 Å². The Hall–Kier alpha value is -2.84. The monoisotopic (exact) mass is 390 g/mol. The van der Waals surface area contributed by atoms with E-state index in [1.807, 2.05) is 0 Å². The molecule has 5 nitrogen and oxygen atoms in total. The third-order valence-corrected chi connectivity index (χ3v) is 5.27. The molecule has 3 aromatic rings. The summed E-state index contributed by atoms with van der Waals surface area (Å²) in [5, 5.41) is 0. The molecule has 0 aliphatic carbocycles. The Kier molecular flexibility index (Phi) is 5.48. The second kappa shape index (κ2) is 7.81. The summed E-state index contributed by atoms with van der Waals surface area (Å²) in [5.74, 6) is -0.502. The van der Waals surface area contributed by atoms with Crippen LogP contribution in [-0.2, 0) is 16.6 Å². The number of ether oxygens (including phenoxy) is 1. The standard InChI is InChI=1S/C19H16F2N2O3S/c1-13-5-7-16(21)10-18(13)27(24,25)23-12-14-6-8-19(22-11-14)26-17-4-2-3-15(20)9-17/h2-11,23H,12H2,1H3. The van der Waals surface area contributed by atoms with E-state index in [0.717, 1.165) is 6.07 Å². The number of sulfonamides is 1. The summed E-state index contributed by atoms with van der Waals surface area (Å²) >= 11 is 0. The average Bonchev–Trinajstić information content (AvgIpc) is 2.63. The largest absolute Gasteiger partial charge is 0.439 e. The number of benzene rings is 2. The summed E-state index contributed by atoms with van der Waals surface area (Å²) in [6, 6.07) is 12.4. The van der Waals surface area contributed by atoms with Gasteiger partial charge in [0.1, 0.15) is 17.4 Å². The molecule has 0 fully saturated rings. The first-order valence-corrected chi connectivity index (χ1v) is 9.46. The lowest BCUT2D eigenvalue weighted by Gasteiger charge is -2.10. The molecular formula is C19H16F2N2O3S. The number of halogens is 2. The molecule has 2 aromatic carbocycles. The SMILES string of the molecule is Cc1ccc(F)cc1S(=O)(=O)NCc1ccc(Oc2cccc(F)c2)nc1. The molecule has 0 saturated heterocycles. The molecule has 0 saturated carbocycles. The second-order valence-electron chi connectivity index (χ2n) is 5.80. The maximum Gasteiger partial charge on any atom is 0.241 e. The van der Waals surface area contributed by atoms with Gasteiger partial charge in [0.25, 0.3) is 0 Å². The molecule has 0 atom stereocenters. The van der Waals surface area contributed by atoms with Gasteiger partial charge in [-0.25, -0.2) is 26.9 Å². The molecule has 27 heavy (non-hydrogen) atoms. The van der Waals surface area contributed by atoms with Crippen molar-refractivity contribution in [1.82, 2.24) is 9.71 Å². The minimum absolute atomic E-state index is 0.0223. The smallest absolute Gasteiger partial charge is 0.241 e. The van der Waals surface area contributed by atoms with Gasteiger partial charge in [-0.3, -0.25) is 0 Å². The molecule has 1 heterocycles. The fourth-order valence-corrected chi connectivity index (χ4v) is 3.62. The van der Waals surface area contributed by atoms with Gasteiger partial charge in [-0.1, -0.05) is 18.2 Å². The first kappa shape index (κ1) is 18.9. The van der Waals surface area contributed by atoms with Gasteiger partial charge in [-0.05, 0) is 42.3 Å². The van der Waals surface area contributed by atoms with Crippen molar-refractivity contribution in [3.8, 4) is 11.6 Å². The van der Waals surface area contributed by atoms with E-state index in [1.165, 1.54) is 36.5 Å². The lowest BCUT2D eigenvalue weighted by Crippen LogP contribution is -2.24. The van der Waals surface area contributed by atoms with Gasteiger partial charge < -0.3 is 4.74 Å². The second-order valence-corrected chi connectivity index (χ2v) is 7.53. The third kappa shape index (κ3) is 4.87. The maximum absolute atomic E-state index is 13.3. The molecule has 1 aromatic heterocycles. The number of hydrogen-bond acceptors (Lipinski definition) is 4. The van der Waals surface area contributed by atoms with Gasteiger partial charge in [0.2, 0.25) is 15.9 Å². The van der Waals surface area contributed by atoms with Crippen LogP contribution >= 0.6 is 0 Å². The highest BCUT2D eigenvalue weighted by molar-refractivity contribution is 7.89. The average molecular weight is 390 g/mol. The lowest BCUT2D eigenvalue weighted by molar-refractivity contribution is 0.457. The van der Waals surface area contributed by atoms with Crippen molar-refractivity contribution in [2.45, 2.75) is 18.4 Å². The van der Waals surface area contributed by atoms with E-state index in [-0.39, 0.29) is 17.3 Å². The Morgan fingerprint density at radius 2 is 1.81 bits per heavy atom. The first-order valence-electron chi connectivity index (χ1n) is 7.98. The molecule has 0 aliphatic rings. The normalized spacial score (nSPS) is 11.4. The van der Waals surface area contributed by atoms with Crippen molar-refractivity contribution in [1.29, 1.82) is 0 Å². The Bertz CT molecular complexity index is 1050. The van der Waals surface area contributed by atoms with Gasteiger partial charge in [0.15, 0.2) is 0 Å². The molecule has 140 valence electrons. The summed E-state index contributed by atoms with van der Waals surface area (Å²) in [6.45, 7) is 1.57. The quantitative estimate of drug-likeness (QED) is 0.692. The number of pyridine rings is 1. The number of rotatable bonds is 6. The van der Waals surface area contributed by atoms with Gasteiger partial charge in [0, 0.05) is 24.9 Å². The number of nitrogens with one attached hydrogen (secondary N) is 1. The van der Waals surface area contributed by atoms with Crippen LogP contribution in [0, 0.1) is 18.6 Å². The fraction of sp³-hybridized carbons (Fsp3) is 0.105. The number of hydrogen-bond donors (Lipinski definition) is 1. The van der Waals surface area contributed by atoms with Crippen LogP contribution in [0.5, 0.6) is 11.6 Å². The molecule has 0 spiro atoms. The van der Waals surface area contributed by atoms with Crippen LogP contribution < -0.4 is 9.46 Å². The lowest BCUT2D eigenvalue weighted by atomic mass is 10.2. The summed E-state index contributed by atoms with van der Waals surface area (Å²) in [5.41, 5.74) is 1.03. The first-order chi connectivity index (χ1) is 12.8. The molecule has 0 bridgehead atoms. The Labute approximate surface area is 155 Å². The molecule has 8 heteroatoms. The number of nitrogens with zero attached hydrogens (tertiary/aromatic N) is 1. The van der Waals surface area contributed by atoms with Crippen LogP contribution in [0.25, 0.3) is 0 Å². The van der Waals surface area contributed by atoms with E-state index in [9.17, 15) is 17.2 Å². The predicted molar refractivity (Wildman–Crippen MR) is 95.9 cm³/mol. The minimum atomic E-state index is -3.87. The third-order valence-electron chi connectivity index (χ3n) is 3.72. The number of aromatic nitrogens is 1. The van der Waals surface area contributed by atoms with Crippen molar-refractivity contribution in [2.75, 3.05) is 0 Å². The van der Waals surface area contributed by atoms with Crippen molar-refractivity contribution < 1.29 is 21.9 Å². The van der Waals surface area contributed by atoms with Crippen molar-refractivity contribution in [3.05, 3.63) is 83.6 Å². The molecule has 0 amide bonds. The summed E-state index contributed by atoms with van der Waals surface area (Å²) in [4.78, 5) is 3.96. The predicted octanol–water partition coefficient (Wildman–Crippen LogP) is 3.94.